The van der Waals surface area contributed by atoms with E-state index in [0.29, 0.717) is 38.3 Å². The molecule has 0 N–H and O–H groups in total. The Kier molecular flexibility index (Phi) is 5.36. The number of carbonyl (C=O) groups is 1. The van der Waals surface area contributed by atoms with Gasteiger partial charge in [-0.1, -0.05) is 18.2 Å². The molecule has 0 bridgehead atoms. The Morgan fingerprint density at radius 2 is 1.93 bits per heavy atom. The van der Waals surface area contributed by atoms with Gasteiger partial charge in [0.2, 0.25) is 5.69 Å². The molecule has 1 aliphatic rings. The molecule has 2 aromatic rings. The molecule has 0 radical (unpaired) electrons. The summed E-state index contributed by atoms with van der Waals surface area (Å²) >= 11 is 0. The summed E-state index contributed by atoms with van der Waals surface area (Å²) in [6.07, 6.45) is -3.21. The number of hydrogen-bond acceptors (Lipinski definition) is 5. The van der Waals surface area contributed by atoms with Gasteiger partial charge in [-0.15, -0.1) is 0 Å². The van der Waals surface area contributed by atoms with Crippen LogP contribution in [0.1, 0.15) is 21.6 Å². The van der Waals surface area contributed by atoms with Crippen molar-refractivity contribution in [2.45, 2.75) is 12.7 Å². The molecular formula is C17H18F3N5O3. The molecule has 11 heteroatoms. The van der Waals surface area contributed by atoms with Gasteiger partial charge in [-0.05, 0) is 11.6 Å². The standard InChI is InChI=1S/C17H18F3N5O3/c1-22-11-14(25(27)28)15(21-22)16(26)24-7-5-23(6-8-24)10-12-3-2-4-13(9-12)17(18,19)20/h2-4,9,11H,5-8,10H2,1H3. The largest absolute Gasteiger partial charge is 0.416 e. The predicted octanol–water partition coefficient (Wildman–Crippen LogP) is 2.31. The van der Waals surface area contributed by atoms with E-state index in [1.165, 1.54) is 28.9 Å². The lowest BCUT2D eigenvalue weighted by molar-refractivity contribution is -0.385. The Hall–Kier alpha value is -2.95. The molecule has 3 rings (SSSR count). The van der Waals surface area contributed by atoms with Crippen LogP contribution < -0.4 is 0 Å². The number of rotatable bonds is 4. The summed E-state index contributed by atoms with van der Waals surface area (Å²) in [5.41, 5.74) is -0.714. The molecule has 1 aromatic heterocycles. The van der Waals surface area contributed by atoms with Crippen molar-refractivity contribution < 1.29 is 22.9 Å². The van der Waals surface area contributed by atoms with E-state index in [0.717, 1.165) is 12.1 Å². The third-order valence-corrected chi connectivity index (χ3v) is 4.53. The highest BCUT2D eigenvalue weighted by Crippen LogP contribution is 2.30. The number of nitrogens with zero attached hydrogens (tertiary/aromatic N) is 5. The summed E-state index contributed by atoms with van der Waals surface area (Å²) in [6.45, 7) is 1.85. The van der Waals surface area contributed by atoms with Gasteiger partial charge in [0.15, 0.2) is 0 Å². The number of piperazine rings is 1. The predicted molar refractivity (Wildman–Crippen MR) is 92.5 cm³/mol. The highest BCUT2D eigenvalue weighted by Gasteiger charge is 2.32. The molecular weight excluding hydrogens is 379 g/mol. The van der Waals surface area contributed by atoms with Crippen LogP contribution in [0, 0.1) is 10.1 Å². The van der Waals surface area contributed by atoms with E-state index in [1.54, 1.807) is 6.07 Å². The van der Waals surface area contributed by atoms with Crippen molar-refractivity contribution in [2.75, 3.05) is 26.2 Å². The van der Waals surface area contributed by atoms with E-state index >= 15 is 0 Å². The lowest BCUT2D eigenvalue weighted by Gasteiger charge is -2.34. The fraction of sp³-hybridized carbons (Fsp3) is 0.412. The summed E-state index contributed by atoms with van der Waals surface area (Å²) in [6, 6.07) is 5.15. The number of amides is 1. The van der Waals surface area contributed by atoms with Crippen LogP contribution in [-0.2, 0) is 19.8 Å². The molecule has 1 aliphatic heterocycles. The third-order valence-electron chi connectivity index (χ3n) is 4.53. The number of aryl methyl sites for hydroxylation is 1. The maximum absolute atomic E-state index is 12.8. The molecule has 0 saturated carbocycles. The van der Waals surface area contributed by atoms with E-state index in [2.05, 4.69) is 5.10 Å². The Bertz CT molecular complexity index is 888. The molecule has 0 aliphatic carbocycles. The smallest absolute Gasteiger partial charge is 0.334 e. The maximum atomic E-state index is 12.8. The second-order valence-electron chi connectivity index (χ2n) is 6.56. The third kappa shape index (κ3) is 4.30. The summed E-state index contributed by atoms with van der Waals surface area (Å²) in [4.78, 5) is 26.4. The van der Waals surface area contributed by atoms with Crippen molar-refractivity contribution in [2.24, 2.45) is 7.05 Å². The molecule has 1 aromatic carbocycles. The van der Waals surface area contributed by atoms with Crippen molar-refractivity contribution in [1.29, 1.82) is 0 Å². The van der Waals surface area contributed by atoms with Gasteiger partial charge in [-0.2, -0.15) is 18.3 Å². The summed E-state index contributed by atoms with van der Waals surface area (Å²) in [5, 5.41) is 15.0. The van der Waals surface area contributed by atoms with Crippen LogP contribution in [0.25, 0.3) is 0 Å². The van der Waals surface area contributed by atoms with Crippen LogP contribution in [0.4, 0.5) is 18.9 Å². The van der Waals surface area contributed by atoms with Crippen LogP contribution in [0.3, 0.4) is 0 Å². The monoisotopic (exact) mass is 397 g/mol. The molecule has 0 unspecified atom stereocenters. The minimum atomic E-state index is -4.39. The minimum Gasteiger partial charge on any atom is -0.334 e. The van der Waals surface area contributed by atoms with E-state index in [-0.39, 0.29) is 11.4 Å². The first kappa shape index (κ1) is 19.8. The van der Waals surface area contributed by atoms with Gasteiger partial charge in [0.25, 0.3) is 5.91 Å². The number of carbonyl (C=O) groups excluding carboxylic acids is 1. The number of hydrogen-bond donors (Lipinski definition) is 0. The van der Waals surface area contributed by atoms with Crippen LogP contribution in [-0.4, -0.2) is 56.6 Å². The van der Waals surface area contributed by atoms with Crippen molar-refractivity contribution >= 4 is 11.6 Å². The number of halogens is 3. The second-order valence-corrected chi connectivity index (χ2v) is 6.56. The minimum absolute atomic E-state index is 0.209. The number of benzene rings is 1. The maximum Gasteiger partial charge on any atom is 0.416 e. The summed E-state index contributed by atoms with van der Waals surface area (Å²) in [5.74, 6) is -0.522. The second kappa shape index (κ2) is 7.58. The molecule has 0 spiro atoms. The van der Waals surface area contributed by atoms with Gasteiger partial charge < -0.3 is 4.90 Å². The van der Waals surface area contributed by atoms with Gasteiger partial charge in [0.1, 0.15) is 6.20 Å². The first-order chi connectivity index (χ1) is 13.1. The van der Waals surface area contributed by atoms with Crippen molar-refractivity contribution in [3.8, 4) is 0 Å². The molecule has 1 amide bonds. The Morgan fingerprint density at radius 3 is 2.54 bits per heavy atom. The van der Waals surface area contributed by atoms with E-state index in [9.17, 15) is 28.1 Å². The number of nitro groups is 1. The van der Waals surface area contributed by atoms with Gasteiger partial charge in [-0.3, -0.25) is 24.5 Å². The highest BCUT2D eigenvalue weighted by molar-refractivity contribution is 5.96. The Balaban J connectivity index is 1.62. The molecule has 0 atom stereocenters. The van der Waals surface area contributed by atoms with Crippen LogP contribution in [0.5, 0.6) is 0 Å². The zero-order valence-corrected chi connectivity index (χ0v) is 15.0. The lowest BCUT2D eigenvalue weighted by atomic mass is 10.1. The fourth-order valence-electron chi connectivity index (χ4n) is 3.12. The highest BCUT2D eigenvalue weighted by atomic mass is 19.4. The first-order valence-corrected chi connectivity index (χ1v) is 8.51. The van der Waals surface area contributed by atoms with Gasteiger partial charge >= 0.3 is 11.9 Å². The fourth-order valence-corrected chi connectivity index (χ4v) is 3.12. The van der Waals surface area contributed by atoms with Crippen LogP contribution >= 0.6 is 0 Å². The topological polar surface area (TPSA) is 84.5 Å². The average molecular weight is 397 g/mol. The zero-order valence-electron chi connectivity index (χ0n) is 15.0. The molecule has 1 fully saturated rings. The zero-order chi connectivity index (χ0) is 20.5. The SMILES string of the molecule is Cn1cc([N+](=O)[O-])c(C(=O)N2CCN(Cc3cccc(C(F)(F)F)c3)CC2)n1. The molecule has 28 heavy (non-hydrogen) atoms. The quantitative estimate of drug-likeness (QED) is 0.584. The van der Waals surface area contributed by atoms with E-state index in [4.69, 9.17) is 0 Å². The average Bonchev–Trinajstić information content (AvgIpc) is 3.03. The van der Waals surface area contributed by atoms with Gasteiger partial charge in [-0.25, -0.2) is 0 Å². The van der Waals surface area contributed by atoms with E-state index < -0.39 is 22.6 Å². The molecule has 1 saturated heterocycles. The number of aromatic nitrogens is 2. The summed E-state index contributed by atoms with van der Waals surface area (Å²) in [7, 11) is 1.50. The lowest BCUT2D eigenvalue weighted by Crippen LogP contribution is -2.48. The van der Waals surface area contributed by atoms with Gasteiger partial charge in [0.05, 0.1) is 10.5 Å². The summed E-state index contributed by atoms with van der Waals surface area (Å²) < 4.78 is 39.7. The molecule has 150 valence electrons. The van der Waals surface area contributed by atoms with Crippen LogP contribution in [0.2, 0.25) is 0 Å². The molecule has 2 heterocycles. The van der Waals surface area contributed by atoms with E-state index in [1.807, 2.05) is 4.90 Å². The normalized spacial score (nSPS) is 15.6. The Labute approximate surface area is 158 Å². The molecule has 8 nitrogen and oxygen atoms in total. The van der Waals surface area contributed by atoms with Crippen molar-refractivity contribution in [1.82, 2.24) is 19.6 Å². The van der Waals surface area contributed by atoms with Crippen molar-refractivity contribution in [3.05, 3.63) is 57.4 Å². The van der Waals surface area contributed by atoms with Gasteiger partial charge in [0, 0.05) is 39.8 Å². The van der Waals surface area contributed by atoms with Crippen molar-refractivity contribution in [3.63, 3.8) is 0 Å². The van der Waals surface area contributed by atoms with Crippen LogP contribution in [0.15, 0.2) is 30.5 Å². The first-order valence-electron chi connectivity index (χ1n) is 8.51. The number of alkyl halides is 3. The Morgan fingerprint density at radius 1 is 1.25 bits per heavy atom.